The zero-order chi connectivity index (χ0) is 18.0. The van der Waals surface area contributed by atoms with Gasteiger partial charge in [-0.3, -0.25) is 4.79 Å². The van der Waals surface area contributed by atoms with Crippen molar-refractivity contribution in [2.45, 2.75) is 25.8 Å². The van der Waals surface area contributed by atoms with Crippen molar-refractivity contribution >= 4 is 17.8 Å². The third-order valence-electron chi connectivity index (χ3n) is 5.03. The van der Waals surface area contributed by atoms with Crippen molar-refractivity contribution in [3.8, 4) is 0 Å². The van der Waals surface area contributed by atoms with Crippen molar-refractivity contribution in [3.05, 3.63) is 71.3 Å². The lowest BCUT2D eigenvalue weighted by Gasteiger charge is -2.30. The summed E-state index contributed by atoms with van der Waals surface area (Å²) in [5.74, 6) is -0.794. The highest BCUT2D eigenvalue weighted by molar-refractivity contribution is 6.15. The number of nitrogens with zero attached hydrogens (tertiary/aromatic N) is 1. The van der Waals surface area contributed by atoms with Gasteiger partial charge < -0.3 is 5.11 Å². The molecule has 0 radical (unpaired) electrons. The van der Waals surface area contributed by atoms with E-state index in [0.29, 0.717) is 18.4 Å². The molecule has 1 aliphatic heterocycles. The molecule has 0 saturated carbocycles. The van der Waals surface area contributed by atoms with Gasteiger partial charge in [0.15, 0.2) is 5.78 Å². The molecule has 1 saturated heterocycles. The van der Waals surface area contributed by atoms with Gasteiger partial charge in [0.25, 0.3) is 0 Å². The minimum absolute atomic E-state index is 0.174. The Balaban J connectivity index is 2.08. The van der Waals surface area contributed by atoms with Crippen LogP contribution in [0.5, 0.6) is 0 Å². The lowest BCUT2D eigenvalue weighted by Crippen LogP contribution is -2.58. The van der Waals surface area contributed by atoms with E-state index in [2.05, 4.69) is 0 Å². The summed E-state index contributed by atoms with van der Waals surface area (Å²) in [5.41, 5.74) is 0.892. The number of amides is 2. The number of imide groups is 1. The summed E-state index contributed by atoms with van der Waals surface area (Å²) in [5, 5.41) is 9.78. The van der Waals surface area contributed by atoms with E-state index in [1.165, 1.54) is 0 Å². The lowest BCUT2D eigenvalue weighted by atomic mass is 9.97. The van der Waals surface area contributed by atoms with Crippen LogP contribution in [-0.4, -0.2) is 40.0 Å². The first-order chi connectivity index (χ1) is 12.0. The van der Waals surface area contributed by atoms with Gasteiger partial charge in [-0.1, -0.05) is 48.5 Å². The molecular weight excluding hydrogens is 318 g/mol. The molecule has 3 rings (SSSR count). The highest BCUT2D eigenvalue weighted by Crippen LogP contribution is 2.31. The molecule has 0 spiro atoms. The molecule has 0 bridgehead atoms. The Hall–Kier alpha value is -2.79. The van der Waals surface area contributed by atoms with Crippen LogP contribution in [0.2, 0.25) is 0 Å². The number of carboxylic acid groups (broad SMARTS) is 1. The number of quaternary nitrogens is 1. The van der Waals surface area contributed by atoms with Crippen LogP contribution in [0.3, 0.4) is 0 Å². The highest BCUT2D eigenvalue weighted by atomic mass is 16.4. The Kier molecular flexibility index (Phi) is 4.51. The Morgan fingerprint density at radius 1 is 0.960 bits per heavy atom. The van der Waals surface area contributed by atoms with Gasteiger partial charge in [-0.25, -0.2) is 4.79 Å². The maximum Gasteiger partial charge on any atom is 0.521 e. The molecule has 2 aromatic carbocycles. The van der Waals surface area contributed by atoms with Gasteiger partial charge in [-0.05, 0) is 13.0 Å². The summed E-state index contributed by atoms with van der Waals surface area (Å²) in [4.78, 5) is 38.0. The van der Waals surface area contributed by atoms with Crippen LogP contribution in [0.4, 0.5) is 4.79 Å². The second kappa shape index (κ2) is 6.61. The predicted molar refractivity (Wildman–Crippen MR) is 92.5 cm³/mol. The fraction of sp³-hybridized carbons (Fsp3) is 0.250. The van der Waals surface area contributed by atoms with Gasteiger partial charge in [-0.2, -0.15) is 9.28 Å². The van der Waals surface area contributed by atoms with Crippen molar-refractivity contribution < 1.29 is 24.0 Å². The quantitative estimate of drug-likeness (QED) is 0.684. The second-order valence-corrected chi connectivity index (χ2v) is 6.41. The Bertz CT molecular complexity index is 831. The van der Waals surface area contributed by atoms with E-state index in [9.17, 15) is 19.5 Å². The maximum atomic E-state index is 13.2. The summed E-state index contributed by atoms with van der Waals surface area (Å²) in [6.45, 7) is 2.03. The number of hydrogen-bond donors (Lipinski definition) is 1. The van der Waals surface area contributed by atoms with E-state index in [1.54, 1.807) is 55.5 Å². The van der Waals surface area contributed by atoms with E-state index >= 15 is 0 Å². The van der Waals surface area contributed by atoms with Crippen LogP contribution in [0.25, 0.3) is 0 Å². The summed E-state index contributed by atoms with van der Waals surface area (Å²) in [6.07, 6.45) is 0.192. The first kappa shape index (κ1) is 17.0. The number of ketones is 1. The van der Waals surface area contributed by atoms with Crippen molar-refractivity contribution in [2.24, 2.45) is 0 Å². The molecule has 2 amide bonds. The normalized spacial score (nSPS) is 22.5. The van der Waals surface area contributed by atoms with Gasteiger partial charge in [0.1, 0.15) is 6.04 Å². The Morgan fingerprint density at radius 2 is 1.56 bits per heavy atom. The van der Waals surface area contributed by atoms with Crippen molar-refractivity contribution in [3.63, 3.8) is 0 Å². The van der Waals surface area contributed by atoms with Gasteiger partial charge in [0.05, 0.1) is 12.1 Å². The van der Waals surface area contributed by atoms with Gasteiger partial charge in [-0.15, -0.1) is 0 Å². The maximum absolute atomic E-state index is 13.2. The third kappa shape index (κ3) is 2.76. The first-order valence-electron chi connectivity index (χ1n) is 8.33. The van der Waals surface area contributed by atoms with E-state index < -0.39 is 16.5 Å². The smallest absolute Gasteiger partial charge is 0.435 e. The van der Waals surface area contributed by atoms with Crippen LogP contribution in [0.15, 0.2) is 54.6 Å². The molecule has 0 aromatic heterocycles. The fourth-order valence-corrected chi connectivity index (χ4v) is 3.58. The fourth-order valence-electron chi connectivity index (χ4n) is 3.58. The molecular formula is C20H20NO4+. The summed E-state index contributed by atoms with van der Waals surface area (Å²) in [6, 6.07) is 14.9. The van der Waals surface area contributed by atoms with Crippen molar-refractivity contribution in [2.75, 3.05) is 6.54 Å². The first-order valence-corrected chi connectivity index (χ1v) is 8.33. The van der Waals surface area contributed by atoms with Crippen LogP contribution >= 0.6 is 0 Å². The molecule has 2 atom stereocenters. The number of carbonyl (C=O) groups excluding carboxylic acids is 2. The average Bonchev–Trinajstić information content (AvgIpc) is 3.03. The van der Waals surface area contributed by atoms with E-state index in [1.807, 2.05) is 6.07 Å². The van der Waals surface area contributed by atoms with E-state index in [4.69, 9.17) is 0 Å². The number of likely N-dealkylation sites (tertiary alicyclic amines) is 1. The van der Waals surface area contributed by atoms with Gasteiger partial charge >= 0.3 is 12.0 Å². The average molecular weight is 338 g/mol. The molecule has 5 nitrogen and oxygen atoms in total. The summed E-state index contributed by atoms with van der Waals surface area (Å²) in [7, 11) is 0. The summed E-state index contributed by atoms with van der Waals surface area (Å²) < 4.78 is -0.640. The van der Waals surface area contributed by atoms with Crippen LogP contribution < -0.4 is 0 Å². The van der Waals surface area contributed by atoms with Crippen molar-refractivity contribution in [1.82, 2.24) is 0 Å². The molecule has 25 heavy (non-hydrogen) atoms. The van der Waals surface area contributed by atoms with Gasteiger partial charge in [0.2, 0.25) is 0 Å². The number of rotatable bonds is 3. The lowest BCUT2D eigenvalue weighted by molar-refractivity contribution is -0.785. The van der Waals surface area contributed by atoms with Crippen LogP contribution in [-0.2, 0) is 0 Å². The van der Waals surface area contributed by atoms with Crippen LogP contribution in [0, 0.1) is 0 Å². The number of benzene rings is 2. The molecule has 1 N–H and O–H groups in total. The molecule has 1 unspecified atom stereocenters. The molecule has 0 aliphatic carbocycles. The van der Waals surface area contributed by atoms with E-state index in [0.717, 1.165) is 0 Å². The van der Waals surface area contributed by atoms with Crippen molar-refractivity contribution in [1.29, 1.82) is 0 Å². The van der Waals surface area contributed by atoms with Crippen LogP contribution in [0.1, 0.15) is 46.0 Å². The Labute approximate surface area is 146 Å². The van der Waals surface area contributed by atoms with E-state index in [-0.39, 0.29) is 29.5 Å². The number of hydrogen-bond acceptors (Lipinski definition) is 3. The SMILES string of the molecule is C[C@@H]1CCC[N+]1(C(=O)O)C(=O)c1ccccc1C(=O)c1ccccc1. The molecule has 128 valence electrons. The summed E-state index contributed by atoms with van der Waals surface area (Å²) >= 11 is 0. The minimum Gasteiger partial charge on any atom is -0.435 e. The molecule has 5 heteroatoms. The molecule has 1 aliphatic rings. The third-order valence-corrected chi connectivity index (χ3v) is 5.03. The zero-order valence-electron chi connectivity index (χ0n) is 14.0. The standard InChI is InChI=1S/C20H19NO4/c1-14-8-7-13-21(14,20(24)25)19(23)17-12-6-5-11-16(17)18(22)15-9-3-2-4-10-15/h2-6,9-12,14H,7-8,13H2,1H3/p+1/t14-,21?/m1/s1. The predicted octanol–water partition coefficient (Wildman–Crippen LogP) is 3.73. The second-order valence-electron chi connectivity index (χ2n) is 6.41. The number of carbonyl (C=O) groups is 3. The minimum atomic E-state index is -1.16. The molecule has 1 heterocycles. The van der Waals surface area contributed by atoms with Gasteiger partial charge in [0, 0.05) is 24.0 Å². The monoisotopic (exact) mass is 338 g/mol. The Morgan fingerprint density at radius 3 is 2.12 bits per heavy atom. The molecule has 1 fully saturated rings. The largest absolute Gasteiger partial charge is 0.521 e. The topological polar surface area (TPSA) is 71.4 Å². The highest BCUT2D eigenvalue weighted by Gasteiger charge is 2.53. The molecule has 2 aromatic rings. The zero-order valence-corrected chi connectivity index (χ0v) is 14.0.